The summed E-state index contributed by atoms with van der Waals surface area (Å²) < 4.78 is 1.60. The Labute approximate surface area is 160 Å². The van der Waals surface area contributed by atoms with Crippen LogP contribution in [0.2, 0.25) is 0 Å². The number of carbonyl (C=O) groups is 1. The molecule has 0 aliphatic carbocycles. The molecule has 3 saturated heterocycles. The molecule has 1 amide bonds. The third-order valence-electron chi connectivity index (χ3n) is 5.89. The molecule has 0 saturated carbocycles. The predicted molar refractivity (Wildman–Crippen MR) is 102 cm³/mol. The van der Waals surface area contributed by atoms with Crippen molar-refractivity contribution in [3.8, 4) is 0 Å². The van der Waals surface area contributed by atoms with Crippen LogP contribution in [0.25, 0.3) is 0 Å². The number of aryl methyl sites for hydroxylation is 2. The number of fused-ring (bicyclic) bond motifs is 4. The molecule has 7 nitrogen and oxygen atoms in total. The molecule has 0 unspecified atom stereocenters. The third kappa shape index (κ3) is 4.35. The minimum atomic E-state index is 0.145. The van der Waals surface area contributed by atoms with E-state index in [-0.39, 0.29) is 12.5 Å². The third-order valence-corrected chi connectivity index (χ3v) is 5.89. The Morgan fingerprint density at radius 2 is 2.00 bits per heavy atom. The van der Waals surface area contributed by atoms with Crippen molar-refractivity contribution < 1.29 is 4.79 Å². The number of carbonyl (C=O) groups excluding carboxylic acids is 1. The summed E-state index contributed by atoms with van der Waals surface area (Å²) in [6.45, 7) is 6.16. The first-order valence-electron chi connectivity index (χ1n) is 9.97. The molecule has 0 N–H and O–H groups in total. The first-order chi connectivity index (χ1) is 13.2. The lowest BCUT2D eigenvalue weighted by molar-refractivity contribution is -0.136. The van der Waals surface area contributed by atoms with E-state index in [9.17, 15) is 4.79 Å². The molecular formula is C20H28N6O. The smallest absolute Gasteiger partial charge is 0.244 e. The summed E-state index contributed by atoms with van der Waals surface area (Å²) in [6, 6.07) is 11.0. The van der Waals surface area contributed by atoms with Crippen LogP contribution in [0.4, 0.5) is 0 Å². The Balaban J connectivity index is 1.33. The number of nitrogens with zero attached hydrogens (tertiary/aromatic N) is 6. The molecule has 2 atom stereocenters. The fraction of sp³-hybridized carbons (Fsp3) is 0.600. The maximum absolute atomic E-state index is 12.9. The van der Waals surface area contributed by atoms with Crippen LogP contribution in [0.1, 0.15) is 30.7 Å². The van der Waals surface area contributed by atoms with Crippen LogP contribution in [0, 0.1) is 12.8 Å². The molecule has 3 aliphatic rings. The maximum Gasteiger partial charge on any atom is 0.244 e. The number of piperidine rings is 1. The lowest BCUT2D eigenvalue weighted by Gasteiger charge is -2.36. The van der Waals surface area contributed by atoms with E-state index in [4.69, 9.17) is 0 Å². The van der Waals surface area contributed by atoms with Crippen molar-refractivity contribution in [2.24, 2.45) is 5.92 Å². The van der Waals surface area contributed by atoms with Crippen LogP contribution < -0.4 is 0 Å². The number of rotatable bonds is 6. The van der Waals surface area contributed by atoms with Crippen molar-refractivity contribution in [1.82, 2.24) is 30.0 Å². The summed E-state index contributed by atoms with van der Waals surface area (Å²) in [7, 11) is 0. The zero-order valence-electron chi connectivity index (χ0n) is 16.0. The lowest BCUT2D eigenvalue weighted by Crippen LogP contribution is -2.48. The second-order valence-corrected chi connectivity index (χ2v) is 7.88. The fourth-order valence-electron chi connectivity index (χ4n) is 4.43. The van der Waals surface area contributed by atoms with Crippen LogP contribution in [-0.2, 0) is 17.8 Å². The van der Waals surface area contributed by atoms with Gasteiger partial charge in [0.05, 0.1) is 0 Å². The molecule has 27 heavy (non-hydrogen) atoms. The topological polar surface area (TPSA) is 67.2 Å². The average molecular weight is 368 g/mol. The minimum absolute atomic E-state index is 0.145. The van der Waals surface area contributed by atoms with Gasteiger partial charge >= 0.3 is 0 Å². The van der Waals surface area contributed by atoms with Gasteiger partial charge in [-0.1, -0.05) is 30.3 Å². The second-order valence-electron chi connectivity index (χ2n) is 7.88. The first kappa shape index (κ1) is 18.1. The van der Waals surface area contributed by atoms with Crippen LogP contribution in [0.15, 0.2) is 30.3 Å². The Bertz CT molecular complexity index is 761. The predicted octanol–water partition coefficient (Wildman–Crippen LogP) is 1.54. The molecule has 1 aromatic carbocycles. The van der Waals surface area contributed by atoms with Gasteiger partial charge < -0.3 is 9.80 Å². The number of amides is 1. The molecule has 3 fully saturated rings. The van der Waals surface area contributed by atoms with E-state index >= 15 is 0 Å². The molecular weight excluding hydrogens is 340 g/mol. The second kappa shape index (κ2) is 8.17. The maximum atomic E-state index is 12.9. The minimum Gasteiger partial charge on any atom is -0.336 e. The molecule has 0 spiro atoms. The molecule has 7 heteroatoms. The molecule has 4 heterocycles. The average Bonchev–Trinajstić information content (AvgIpc) is 2.89. The molecule has 144 valence electrons. The Hall–Kier alpha value is -2.28. The molecule has 5 rings (SSSR count). The quantitative estimate of drug-likeness (QED) is 0.774. The lowest BCUT2D eigenvalue weighted by atomic mass is 9.95. The van der Waals surface area contributed by atoms with Gasteiger partial charge in [-0.15, -0.1) is 5.10 Å². The van der Waals surface area contributed by atoms with Crippen LogP contribution >= 0.6 is 0 Å². The normalized spacial score (nSPS) is 22.8. The highest BCUT2D eigenvalue weighted by molar-refractivity contribution is 5.76. The van der Waals surface area contributed by atoms with Crippen molar-refractivity contribution in [3.63, 3.8) is 0 Å². The summed E-state index contributed by atoms with van der Waals surface area (Å²) in [5.74, 6) is 1.41. The molecule has 1 aromatic heterocycles. The van der Waals surface area contributed by atoms with E-state index in [1.165, 1.54) is 18.4 Å². The highest BCUT2D eigenvalue weighted by atomic mass is 16.2. The van der Waals surface area contributed by atoms with Crippen LogP contribution in [0.5, 0.6) is 0 Å². The number of aromatic nitrogens is 4. The van der Waals surface area contributed by atoms with Crippen molar-refractivity contribution in [1.29, 1.82) is 0 Å². The largest absolute Gasteiger partial charge is 0.336 e. The van der Waals surface area contributed by atoms with E-state index in [0.717, 1.165) is 39.0 Å². The van der Waals surface area contributed by atoms with Gasteiger partial charge in [0.15, 0.2) is 0 Å². The van der Waals surface area contributed by atoms with E-state index in [1.54, 1.807) is 4.68 Å². The standard InChI is InChI=1S/C20H28N6O/c1-16-21-22-23-26(16)15-20(27)25-13-18-9-10-19(25)14-24(12-18)11-5-8-17-6-3-2-4-7-17/h2-4,6-7,18-19H,5,8-15H2,1H3/t18-,19+/m0/s1. The van der Waals surface area contributed by atoms with Crippen molar-refractivity contribution >= 4 is 5.91 Å². The number of hydrogen-bond acceptors (Lipinski definition) is 5. The Kier molecular flexibility index (Phi) is 5.48. The highest BCUT2D eigenvalue weighted by Gasteiger charge is 2.37. The Morgan fingerprint density at radius 1 is 1.15 bits per heavy atom. The monoisotopic (exact) mass is 368 g/mol. The van der Waals surface area contributed by atoms with Crippen molar-refractivity contribution in [2.75, 3.05) is 26.2 Å². The summed E-state index contributed by atoms with van der Waals surface area (Å²) in [5, 5.41) is 11.4. The summed E-state index contributed by atoms with van der Waals surface area (Å²) in [5.41, 5.74) is 1.41. The van der Waals surface area contributed by atoms with Crippen molar-refractivity contribution in [2.45, 2.75) is 45.2 Å². The van der Waals surface area contributed by atoms with Gasteiger partial charge in [-0.25, -0.2) is 4.68 Å². The van der Waals surface area contributed by atoms with E-state index in [2.05, 4.69) is 55.7 Å². The highest BCUT2D eigenvalue weighted by Crippen LogP contribution is 2.28. The fourth-order valence-corrected chi connectivity index (χ4v) is 4.43. The summed E-state index contributed by atoms with van der Waals surface area (Å²) >= 11 is 0. The zero-order chi connectivity index (χ0) is 18.6. The van der Waals surface area contributed by atoms with E-state index in [0.29, 0.717) is 17.8 Å². The van der Waals surface area contributed by atoms with Crippen molar-refractivity contribution in [3.05, 3.63) is 41.7 Å². The van der Waals surface area contributed by atoms with Gasteiger partial charge in [0.25, 0.3) is 0 Å². The number of hydrogen-bond donors (Lipinski definition) is 0. The first-order valence-corrected chi connectivity index (χ1v) is 9.97. The van der Waals surface area contributed by atoms with E-state index in [1.807, 2.05) is 6.92 Å². The SMILES string of the molecule is Cc1nnnn1CC(=O)N1C[C@H]2CC[C@@H]1CN(CCCc1ccccc1)C2. The molecule has 3 aliphatic heterocycles. The zero-order valence-corrected chi connectivity index (χ0v) is 16.0. The molecule has 0 radical (unpaired) electrons. The number of tetrazole rings is 1. The summed E-state index contributed by atoms with van der Waals surface area (Å²) in [6.07, 6.45) is 4.63. The van der Waals surface area contributed by atoms with Gasteiger partial charge in [0.1, 0.15) is 12.4 Å². The molecule has 2 aromatic rings. The number of benzene rings is 1. The van der Waals surface area contributed by atoms with Crippen LogP contribution in [0.3, 0.4) is 0 Å². The molecule has 2 bridgehead atoms. The summed E-state index contributed by atoms with van der Waals surface area (Å²) in [4.78, 5) is 17.5. The van der Waals surface area contributed by atoms with Crippen LogP contribution in [-0.4, -0.2) is 68.1 Å². The Morgan fingerprint density at radius 3 is 2.78 bits per heavy atom. The van der Waals surface area contributed by atoms with Gasteiger partial charge in [0.2, 0.25) is 5.91 Å². The van der Waals surface area contributed by atoms with Gasteiger partial charge in [-0.3, -0.25) is 4.79 Å². The van der Waals surface area contributed by atoms with E-state index < -0.39 is 0 Å². The van der Waals surface area contributed by atoms with Gasteiger partial charge in [0, 0.05) is 25.7 Å². The van der Waals surface area contributed by atoms with Gasteiger partial charge in [-0.05, 0) is 61.1 Å². The van der Waals surface area contributed by atoms with Gasteiger partial charge in [-0.2, -0.15) is 0 Å².